The van der Waals surface area contributed by atoms with Crippen molar-refractivity contribution in [3.63, 3.8) is 0 Å². The SMILES string of the molecule is C.C.C.C.C.C.C.C.CCCCCCCCCN.CCCCCCCCN.CCCCCCCNC.CCCCCCN.CCCCCN.CCO[Si](C)(C)O[Si](C)(C)CCCCN.CCO[Si](C)(C)O[Si](C)(C)CCCN.CCO[Si](C)(O[Si](C)(CCCN)c1ccccc1)c1ccccc1.CCO[Si](O[Si](CCCN)(c1ccccc1)c1ccccc1)(c1ccccc1)c1ccccc1. The number of hydrogen-bond donors (Lipinski definition) is 9. The van der Waals surface area contributed by atoms with Crippen LogP contribution in [0, 0.1) is 0 Å². The minimum atomic E-state index is -3.08. The van der Waals surface area contributed by atoms with Crippen molar-refractivity contribution in [2.45, 2.75) is 404 Å². The van der Waals surface area contributed by atoms with Crippen LogP contribution in [0.1, 0.15) is 314 Å². The molecule has 0 spiro atoms. The molecule has 0 heterocycles. The first kappa shape index (κ1) is 155. The van der Waals surface area contributed by atoms with Crippen molar-refractivity contribution in [2.24, 2.45) is 45.9 Å². The highest BCUT2D eigenvalue weighted by Gasteiger charge is 2.52. The van der Waals surface area contributed by atoms with E-state index in [0.717, 1.165) is 107 Å². The van der Waals surface area contributed by atoms with Crippen LogP contribution >= 0.6 is 0 Å². The Morgan fingerprint density at radius 3 is 0.772 bits per heavy atom. The van der Waals surface area contributed by atoms with Gasteiger partial charge in [0.2, 0.25) is 16.6 Å². The molecule has 0 aromatic heterocycles. The molecule has 0 amide bonds. The van der Waals surface area contributed by atoms with Gasteiger partial charge >= 0.3 is 34.2 Å². The molecule has 0 fully saturated rings. The molecule has 0 saturated heterocycles. The fourth-order valence-electron chi connectivity index (χ4n) is 15.0. The van der Waals surface area contributed by atoms with E-state index in [0.29, 0.717) is 26.3 Å². The molecule has 25 heteroatoms. The maximum atomic E-state index is 7.71. The fraction of sp³-hybridized carbons (Fsp3) is 0.676. The van der Waals surface area contributed by atoms with E-state index in [1.807, 2.05) is 46.0 Å². The van der Waals surface area contributed by atoms with E-state index >= 15 is 0 Å². The number of hydrogen-bond acceptors (Lipinski definition) is 17. The molecule has 6 rings (SSSR count). The van der Waals surface area contributed by atoms with Crippen molar-refractivity contribution in [1.29, 1.82) is 0 Å². The van der Waals surface area contributed by atoms with Crippen molar-refractivity contribution in [1.82, 2.24) is 5.32 Å². The molecule has 0 radical (unpaired) electrons. The van der Waals surface area contributed by atoms with Crippen molar-refractivity contribution in [2.75, 3.05) is 92.4 Å². The maximum Gasteiger partial charge on any atom is 0.397 e. The lowest BCUT2D eigenvalue weighted by Gasteiger charge is -2.42. The average molecular weight is 2050 g/mol. The van der Waals surface area contributed by atoms with Gasteiger partial charge in [0.05, 0.1) is 0 Å². The van der Waals surface area contributed by atoms with Gasteiger partial charge in [-0.25, -0.2) is 0 Å². The van der Waals surface area contributed by atoms with Crippen LogP contribution < -0.4 is 82.3 Å². The predicted molar refractivity (Wildman–Crippen MR) is 638 cm³/mol. The van der Waals surface area contributed by atoms with E-state index in [1.54, 1.807) is 0 Å². The van der Waals surface area contributed by atoms with Gasteiger partial charge in [-0.15, -0.1) is 0 Å². The Bertz CT molecular complexity index is 3180. The minimum Gasteiger partial charge on any atom is -0.436 e. The van der Waals surface area contributed by atoms with E-state index in [1.165, 1.54) is 200 Å². The maximum absolute atomic E-state index is 7.71. The summed E-state index contributed by atoms with van der Waals surface area (Å²) in [5.74, 6) is 0. The van der Waals surface area contributed by atoms with Gasteiger partial charge in [0, 0.05) is 26.4 Å². The largest absolute Gasteiger partial charge is 0.436 e. The zero-order valence-electron chi connectivity index (χ0n) is 85.9. The summed E-state index contributed by atoms with van der Waals surface area (Å²) in [6.45, 7) is 51.5. The Morgan fingerprint density at radius 1 is 0.228 bits per heavy atom. The lowest BCUT2D eigenvalue weighted by atomic mass is 10.1. The normalized spacial score (nSPS) is 11.6. The van der Waals surface area contributed by atoms with E-state index < -0.39 is 67.5 Å². The van der Waals surface area contributed by atoms with E-state index in [9.17, 15) is 0 Å². The third kappa shape index (κ3) is 77.9. The lowest BCUT2D eigenvalue weighted by molar-refractivity contribution is 0.260. The monoisotopic (exact) mass is 2040 g/mol. The lowest BCUT2D eigenvalue weighted by Crippen LogP contribution is -2.74. The molecule has 2 atom stereocenters. The van der Waals surface area contributed by atoms with Crippen LogP contribution in [0.5, 0.6) is 0 Å². The van der Waals surface area contributed by atoms with Gasteiger partial charge in [0.25, 0.3) is 0 Å². The standard InChI is InChI=1S/C29H33NO2Si2.C19H29NO2Si2.C10H27NO2Si2.C9H25NO2Si2.C9H21N.2C8H19N.C6H15N.C5H13N.8CH4/c1-2-31-34(28-20-11-5-12-21-28,29-22-13-6-14-23-29)32-33(25-15-24-30,26-16-7-3-8-17-26)27-18-9-4-10-19-27;1-4-21-24(3,19-14-9-6-10-15-19)22-23(2,17-11-16-20)18-12-7-5-8-13-18;1-6-12-15(4,5)13-14(2,3)10-8-7-9-11;1-6-11-14(4,5)12-13(2,3)9-7-8-10;1-2-3-4-5-6-7-8-9-10;1-3-4-5-6-7-8-9-2;1-2-3-4-5-6-7-8-9;1-2-3-4-5-6-7;1-2-3-4-5-6;;;;;;;;/h3-14,16-23H,2,15,24-25,30H2,1H3;5-10,12-15H,4,11,16-17,20H2,1-3H3;6-11H2,1-5H3;6-10H2,1-5H3;2-10H2,1H3;9H,3-8H2,1-2H3;2-9H2,1H3;2-7H2,1H3;2-6H2,1H3;8*1H4. The van der Waals surface area contributed by atoms with Gasteiger partial charge < -0.3 is 85.4 Å². The molecule has 17 nitrogen and oxygen atoms in total. The van der Waals surface area contributed by atoms with Gasteiger partial charge in [0.15, 0.2) is 16.6 Å². The zero-order chi connectivity index (χ0) is 96.3. The first-order chi connectivity index (χ1) is 61.5. The Morgan fingerprint density at radius 2 is 0.471 bits per heavy atom. The van der Waals surface area contributed by atoms with Crippen LogP contribution in [0.3, 0.4) is 0 Å². The number of nitrogens with two attached hydrogens (primary N) is 8. The second-order valence-corrected chi connectivity index (χ2v) is 65.3. The number of nitrogens with one attached hydrogen (secondary N) is 1. The predicted octanol–water partition coefficient (Wildman–Crippen LogP) is 26.2. The molecule has 802 valence electrons. The molecule has 0 aliphatic heterocycles. The summed E-state index contributed by atoms with van der Waals surface area (Å²) in [6, 6.07) is 67.8. The summed E-state index contributed by atoms with van der Waals surface area (Å²) in [6.07, 6.45) is 38.6. The summed E-state index contributed by atoms with van der Waals surface area (Å²) in [4.78, 5) is 0. The topological polar surface area (TPSA) is 294 Å². The van der Waals surface area contributed by atoms with Gasteiger partial charge in [-0.1, -0.05) is 411 Å². The van der Waals surface area contributed by atoms with Gasteiger partial charge in [0.1, 0.15) is 0 Å². The van der Waals surface area contributed by atoms with Crippen LogP contribution in [0.25, 0.3) is 0 Å². The number of benzene rings is 6. The molecule has 2 unspecified atom stereocenters. The van der Waals surface area contributed by atoms with E-state index in [4.69, 9.17) is 80.0 Å². The molecular weight excluding hydrogens is 1810 g/mol. The highest BCUT2D eigenvalue weighted by molar-refractivity contribution is 7.07. The Labute approximate surface area is 856 Å². The van der Waals surface area contributed by atoms with Crippen molar-refractivity contribution in [3.05, 3.63) is 182 Å². The average Bonchev–Trinajstić information content (AvgIpc) is 0.739. The molecule has 6 aromatic rings. The van der Waals surface area contributed by atoms with E-state index in [-0.39, 0.29) is 59.4 Å². The third-order valence-electron chi connectivity index (χ3n) is 21.6. The summed E-state index contributed by atoms with van der Waals surface area (Å²) in [5, 5.41) is 10.4. The highest BCUT2D eigenvalue weighted by atomic mass is 28.5. The fourth-order valence-corrected chi connectivity index (χ4v) is 49.0. The van der Waals surface area contributed by atoms with E-state index in [2.05, 4.69) is 276 Å². The van der Waals surface area contributed by atoms with Crippen LogP contribution in [0.15, 0.2) is 182 Å². The first-order valence-electron chi connectivity index (χ1n) is 50.5. The Balaban J connectivity index is -0.000000151. The number of unbranched alkanes of at least 4 members (excludes halogenated alkanes) is 21. The summed E-state index contributed by atoms with van der Waals surface area (Å²) >= 11 is 0. The Kier molecular flexibility index (Phi) is 116. The second-order valence-electron chi connectivity index (χ2n) is 35.5. The smallest absolute Gasteiger partial charge is 0.397 e. The molecule has 17 N–H and O–H groups in total. The minimum absolute atomic E-state index is 0. The zero-order valence-corrected chi connectivity index (χ0v) is 93.9. The Hall–Kier alpha value is -3.62. The quantitative estimate of drug-likeness (QED) is 0.0127. The van der Waals surface area contributed by atoms with Gasteiger partial charge in [-0.05, 0) is 272 Å². The summed E-state index contributed by atoms with van der Waals surface area (Å²) < 4.78 is 51.4. The second kappa shape index (κ2) is 101. The summed E-state index contributed by atoms with van der Waals surface area (Å²) in [7, 11) is -15.2. The summed E-state index contributed by atoms with van der Waals surface area (Å²) in [5.41, 5.74) is 44.1. The molecular formula is C111H233N9O8Si8. The van der Waals surface area contributed by atoms with Crippen molar-refractivity contribution < 1.29 is 34.2 Å². The highest BCUT2D eigenvalue weighted by Crippen LogP contribution is 2.27. The van der Waals surface area contributed by atoms with Crippen LogP contribution in [-0.4, -0.2) is 160 Å². The van der Waals surface area contributed by atoms with Gasteiger partial charge in [-0.3, -0.25) is 0 Å². The van der Waals surface area contributed by atoms with Crippen molar-refractivity contribution in [3.8, 4) is 0 Å². The number of rotatable bonds is 61. The first-order valence-corrected chi connectivity index (χ1v) is 71.2. The third-order valence-corrected chi connectivity index (χ3v) is 52.5. The van der Waals surface area contributed by atoms with Gasteiger partial charge in [-0.2, -0.15) is 0 Å². The molecule has 0 aliphatic rings. The van der Waals surface area contributed by atoms with Crippen LogP contribution in [0.4, 0.5) is 0 Å². The van der Waals surface area contributed by atoms with Crippen LogP contribution in [-0.2, 0) is 34.2 Å². The van der Waals surface area contributed by atoms with Crippen LogP contribution in [0.2, 0.25) is 89.6 Å². The molecule has 0 saturated carbocycles. The van der Waals surface area contributed by atoms with Crippen molar-refractivity contribution >= 4 is 98.6 Å². The molecule has 6 aromatic carbocycles. The molecule has 0 aliphatic carbocycles. The molecule has 0 bridgehead atoms. The molecule has 136 heavy (non-hydrogen) atoms.